The van der Waals surface area contributed by atoms with E-state index in [1.807, 2.05) is 0 Å². The van der Waals surface area contributed by atoms with E-state index in [1.54, 1.807) is 0 Å². The lowest BCUT2D eigenvalue weighted by molar-refractivity contribution is 0.726. The fourth-order valence-electron chi connectivity index (χ4n) is 1.71. The molecule has 1 aromatic carbocycles. The first-order chi connectivity index (χ1) is 7.74. The van der Waals surface area contributed by atoms with Gasteiger partial charge in [0.15, 0.2) is 0 Å². The molecule has 0 radical (unpaired) electrons. The third kappa shape index (κ3) is 4.63. The number of aryl methyl sites for hydroxylation is 2. The lowest BCUT2D eigenvalue weighted by Crippen LogP contribution is -2.12. The maximum atomic E-state index is 3.32. The average molecular weight is 217 g/mol. The standard InChI is InChI=1S/C15H23N/c1-4-16-11-7-5-6-8-15-12-13(2)9-10-14(15)3/h5-6,9-10,12,16H,4,7-8,11H2,1-3H3. The number of rotatable bonds is 6. The Hall–Kier alpha value is -1.08. The topological polar surface area (TPSA) is 12.0 Å². The summed E-state index contributed by atoms with van der Waals surface area (Å²) in [6.45, 7) is 8.61. The van der Waals surface area contributed by atoms with E-state index in [4.69, 9.17) is 0 Å². The third-order valence-corrected chi connectivity index (χ3v) is 2.75. The van der Waals surface area contributed by atoms with Gasteiger partial charge in [-0.25, -0.2) is 0 Å². The highest BCUT2D eigenvalue weighted by molar-refractivity contribution is 5.31. The van der Waals surface area contributed by atoms with E-state index in [0.717, 1.165) is 25.9 Å². The molecule has 0 heterocycles. The van der Waals surface area contributed by atoms with Crippen LogP contribution >= 0.6 is 0 Å². The van der Waals surface area contributed by atoms with Crippen molar-refractivity contribution in [3.63, 3.8) is 0 Å². The van der Waals surface area contributed by atoms with Crippen LogP contribution < -0.4 is 5.32 Å². The second kappa shape index (κ2) is 7.24. The Morgan fingerprint density at radius 1 is 1.19 bits per heavy atom. The maximum absolute atomic E-state index is 3.32. The van der Waals surface area contributed by atoms with Gasteiger partial charge in [-0.1, -0.05) is 42.8 Å². The lowest BCUT2D eigenvalue weighted by atomic mass is 10.0. The molecular weight excluding hydrogens is 194 g/mol. The predicted octanol–water partition coefficient (Wildman–Crippen LogP) is 3.40. The van der Waals surface area contributed by atoms with Gasteiger partial charge in [-0.05, 0) is 50.9 Å². The summed E-state index contributed by atoms with van der Waals surface area (Å²) in [6, 6.07) is 6.66. The van der Waals surface area contributed by atoms with Gasteiger partial charge in [-0.2, -0.15) is 0 Å². The van der Waals surface area contributed by atoms with E-state index >= 15 is 0 Å². The van der Waals surface area contributed by atoms with Crippen molar-refractivity contribution in [1.29, 1.82) is 0 Å². The molecule has 0 atom stereocenters. The fourth-order valence-corrected chi connectivity index (χ4v) is 1.71. The normalized spacial score (nSPS) is 11.2. The molecule has 1 aromatic rings. The average Bonchev–Trinajstić information content (AvgIpc) is 2.28. The highest BCUT2D eigenvalue weighted by Crippen LogP contribution is 2.11. The molecule has 88 valence electrons. The summed E-state index contributed by atoms with van der Waals surface area (Å²) in [6.07, 6.45) is 6.72. The Morgan fingerprint density at radius 2 is 2.00 bits per heavy atom. The van der Waals surface area contributed by atoms with Crippen LogP contribution in [-0.4, -0.2) is 13.1 Å². The van der Waals surface area contributed by atoms with E-state index in [1.165, 1.54) is 16.7 Å². The zero-order valence-corrected chi connectivity index (χ0v) is 10.7. The second-order valence-electron chi connectivity index (χ2n) is 4.25. The largest absolute Gasteiger partial charge is 0.317 e. The van der Waals surface area contributed by atoms with Gasteiger partial charge in [0.1, 0.15) is 0 Å². The molecule has 0 fully saturated rings. The lowest BCUT2D eigenvalue weighted by Gasteiger charge is -2.04. The molecule has 0 amide bonds. The molecule has 1 nitrogen and oxygen atoms in total. The number of benzene rings is 1. The predicted molar refractivity (Wildman–Crippen MR) is 71.9 cm³/mol. The van der Waals surface area contributed by atoms with E-state index in [9.17, 15) is 0 Å². The van der Waals surface area contributed by atoms with Crippen LogP contribution in [0.1, 0.15) is 30.0 Å². The van der Waals surface area contributed by atoms with Gasteiger partial charge < -0.3 is 5.32 Å². The van der Waals surface area contributed by atoms with Gasteiger partial charge in [-0.3, -0.25) is 0 Å². The molecule has 0 bridgehead atoms. The van der Waals surface area contributed by atoms with Crippen LogP contribution in [0.5, 0.6) is 0 Å². The first-order valence-corrected chi connectivity index (χ1v) is 6.16. The van der Waals surface area contributed by atoms with Crippen LogP contribution in [0.4, 0.5) is 0 Å². The molecule has 0 aliphatic heterocycles. The van der Waals surface area contributed by atoms with Gasteiger partial charge in [0.25, 0.3) is 0 Å². The monoisotopic (exact) mass is 217 g/mol. The molecule has 16 heavy (non-hydrogen) atoms. The Balaban J connectivity index is 2.39. The molecule has 1 N–H and O–H groups in total. The van der Waals surface area contributed by atoms with Crippen LogP contribution in [0.3, 0.4) is 0 Å². The Kier molecular flexibility index (Phi) is 5.87. The molecule has 0 aliphatic carbocycles. The molecule has 0 aromatic heterocycles. The zero-order valence-electron chi connectivity index (χ0n) is 10.7. The van der Waals surface area contributed by atoms with Crippen LogP contribution in [0.25, 0.3) is 0 Å². The summed E-state index contributed by atoms with van der Waals surface area (Å²) in [5.41, 5.74) is 4.18. The fraction of sp³-hybridized carbons (Fsp3) is 0.467. The second-order valence-corrected chi connectivity index (χ2v) is 4.25. The molecule has 0 spiro atoms. The SMILES string of the molecule is CCNCCC=CCc1cc(C)ccc1C. The Morgan fingerprint density at radius 3 is 2.75 bits per heavy atom. The highest BCUT2D eigenvalue weighted by atomic mass is 14.8. The van der Waals surface area contributed by atoms with Gasteiger partial charge >= 0.3 is 0 Å². The number of nitrogens with one attached hydrogen (secondary N) is 1. The first-order valence-electron chi connectivity index (χ1n) is 6.16. The molecule has 1 heteroatoms. The summed E-state index contributed by atoms with van der Waals surface area (Å²) in [5, 5.41) is 3.32. The summed E-state index contributed by atoms with van der Waals surface area (Å²) in [7, 11) is 0. The summed E-state index contributed by atoms with van der Waals surface area (Å²) in [4.78, 5) is 0. The van der Waals surface area contributed by atoms with Crippen LogP contribution in [0.15, 0.2) is 30.4 Å². The van der Waals surface area contributed by atoms with Crippen molar-refractivity contribution in [3.8, 4) is 0 Å². The molecule has 0 aliphatic rings. The van der Waals surface area contributed by atoms with Crippen LogP contribution in [0, 0.1) is 13.8 Å². The molecular formula is C15H23N. The van der Waals surface area contributed by atoms with Gasteiger partial charge in [0.2, 0.25) is 0 Å². The minimum atomic E-state index is 1.06. The van der Waals surface area contributed by atoms with Crippen LogP contribution in [0.2, 0.25) is 0 Å². The van der Waals surface area contributed by atoms with Crippen molar-refractivity contribution >= 4 is 0 Å². The quantitative estimate of drug-likeness (QED) is 0.569. The van der Waals surface area contributed by atoms with Crippen molar-refractivity contribution in [3.05, 3.63) is 47.0 Å². The number of hydrogen-bond donors (Lipinski definition) is 1. The Bertz CT molecular complexity index is 339. The highest BCUT2D eigenvalue weighted by Gasteiger charge is 1.95. The zero-order chi connectivity index (χ0) is 11.8. The molecule has 0 unspecified atom stereocenters. The van der Waals surface area contributed by atoms with Crippen LogP contribution in [-0.2, 0) is 6.42 Å². The van der Waals surface area contributed by atoms with Gasteiger partial charge in [0.05, 0.1) is 0 Å². The van der Waals surface area contributed by atoms with E-state index in [0.29, 0.717) is 0 Å². The van der Waals surface area contributed by atoms with Crippen molar-refractivity contribution in [2.75, 3.05) is 13.1 Å². The number of hydrogen-bond acceptors (Lipinski definition) is 1. The van der Waals surface area contributed by atoms with Gasteiger partial charge in [-0.15, -0.1) is 0 Å². The smallest absolute Gasteiger partial charge is 0.00144 e. The minimum Gasteiger partial charge on any atom is -0.317 e. The summed E-state index contributed by atoms with van der Waals surface area (Å²) >= 11 is 0. The van der Waals surface area contributed by atoms with E-state index in [2.05, 4.69) is 56.4 Å². The van der Waals surface area contributed by atoms with Crippen molar-refractivity contribution in [2.45, 2.75) is 33.6 Å². The molecule has 0 saturated carbocycles. The Labute approximate surface area is 99.6 Å². The molecule has 1 rings (SSSR count). The summed E-state index contributed by atoms with van der Waals surface area (Å²) in [5.74, 6) is 0. The number of allylic oxidation sites excluding steroid dienone is 1. The summed E-state index contributed by atoms with van der Waals surface area (Å²) < 4.78 is 0. The van der Waals surface area contributed by atoms with E-state index in [-0.39, 0.29) is 0 Å². The van der Waals surface area contributed by atoms with E-state index < -0.39 is 0 Å². The molecule has 0 saturated heterocycles. The minimum absolute atomic E-state index is 1.06. The van der Waals surface area contributed by atoms with Crippen molar-refractivity contribution < 1.29 is 0 Å². The van der Waals surface area contributed by atoms with Crippen molar-refractivity contribution in [1.82, 2.24) is 5.32 Å². The van der Waals surface area contributed by atoms with Crippen molar-refractivity contribution in [2.24, 2.45) is 0 Å². The first kappa shape index (κ1) is 13.0. The van der Waals surface area contributed by atoms with Gasteiger partial charge in [0, 0.05) is 0 Å². The maximum Gasteiger partial charge on any atom is -0.00144 e. The third-order valence-electron chi connectivity index (χ3n) is 2.75.